The van der Waals surface area contributed by atoms with Gasteiger partial charge in [0.05, 0.1) is 0 Å². The van der Waals surface area contributed by atoms with E-state index in [1.807, 2.05) is 0 Å². The molecule has 1 aromatic carbocycles. The molecule has 0 nitrogen and oxygen atoms in total. The maximum atomic E-state index is 2.22. The summed E-state index contributed by atoms with van der Waals surface area (Å²) in [5, 5.41) is 0. The van der Waals surface area contributed by atoms with Gasteiger partial charge in [-0.05, 0) is 0 Å². The van der Waals surface area contributed by atoms with Crippen LogP contribution >= 0.6 is 0 Å². The number of hydrogen-bond acceptors (Lipinski definition) is 0. The average molecular weight is 158 g/mol. The third kappa shape index (κ3) is 1.85. The van der Waals surface area contributed by atoms with Crippen LogP contribution in [0.2, 0.25) is 0 Å². The zero-order valence-electron chi connectivity index (χ0n) is 8.31. The molecule has 0 fully saturated rings. The molecule has 0 aliphatic carbocycles. The van der Waals surface area contributed by atoms with Crippen LogP contribution in [-0.4, -0.2) is 12.9 Å². The van der Waals surface area contributed by atoms with Gasteiger partial charge < -0.3 is 0 Å². The fourth-order valence-electron chi connectivity index (χ4n) is 1.62. The van der Waals surface area contributed by atoms with Crippen molar-refractivity contribution in [2.45, 2.75) is 27.7 Å². The average Bonchev–Trinajstić information content (AvgIpc) is 1.96. The molecule has 0 aliphatic heterocycles. The van der Waals surface area contributed by atoms with Gasteiger partial charge in [0.25, 0.3) is 0 Å². The van der Waals surface area contributed by atoms with Gasteiger partial charge in [-0.25, -0.2) is 0 Å². The summed E-state index contributed by atoms with van der Waals surface area (Å²) in [5.41, 5.74) is 5.44. The molecule has 0 aliphatic rings. The fraction of sp³-hybridized carbons (Fsp3) is 0.364. The van der Waals surface area contributed by atoms with Crippen molar-refractivity contribution < 1.29 is 0 Å². The minimum absolute atomic E-state index is 1.35. The third-order valence-corrected chi connectivity index (χ3v) is 2.07. The molecule has 1 rings (SSSR count). The molecular formula is C11H15B. The van der Waals surface area contributed by atoms with Gasteiger partial charge in [-0.1, -0.05) is 0 Å². The van der Waals surface area contributed by atoms with Gasteiger partial charge in [0.1, 0.15) is 0 Å². The molecule has 62 valence electrons. The van der Waals surface area contributed by atoms with Crippen molar-refractivity contribution in [2.24, 2.45) is 0 Å². The number of hydrogen-bond donors (Lipinski definition) is 0. The number of benzene rings is 1. The van der Waals surface area contributed by atoms with E-state index in [-0.39, 0.29) is 0 Å². The summed E-state index contributed by atoms with van der Waals surface area (Å²) in [7, 11) is 0. The van der Waals surface area contributed by atoms with Crippen molar-refractivity contribution in [3.8, 4) is 0 Å². The number of rotatable bonds is 1. The molecule has 0 unspecified atom stereocenters. The van der Waals surface area contributed by atoms with E-state index in [9.17, 15) is 0 Å². The molecular weight excluding hydrogens is 143 g/mol. The topological polar surface area (TPSA) is 0 Å². The normalized spacial score (nSPS) is 10.3. The maximum absolute atomic E-state index is 2.22. The van der Waals surface area contributed by atoms with Crippen LogP contribution in [0.1, 0.15) is 23.6 Å². The second-order valence-electron chi connectivity index (χ2n) is 3.31. The molecule has 12 heavy (non-hydrogen) atoms. The Morgan fingerprint density at radius 3 is 2.00 bits per heavy atom. The van der Waals surface area contributed by atoms with Crippen molar-refractivity contribution in [1.82, 2.24) is 0 Å². The van der Waals surface area contributed by atoms with Gasteiger partial charge in [0.2, 0.25) is 0 Å². The van der Waals surface area contributed by atoms with Gasteiger partial charge in [0, 0.05) is 0 Å². The minimum atomic E-state index is 1.35. The summed E-state index contributed by atoms with van der Waals surface area (Å²) in [6, 6.07) is 4.45. The second kappa shape index (κ2) is 3.71. The van der Waals surface area contributed by atoms with E-state index in [4.69, 9.17) is 0 Å². The predicted molar refractivity (Wildman–Crippen MR) is 57.8 cm³/mol. The molecule has 0 spiro atoms. The molecule has 0 saturated heterocycles. The van der Waals surface area contributed by atoms with Gasteiger partial charge in [-0.15, -0.1) is 0 Å². The standard InChI is InChI=1S/C11H15B/c1-5-12-11-9(3)6-8(2)7-10(11)4/h5-7H,1-4H3. The van der Waals surface area contributed by atoms with Crippen molar-refractivity contribution >= 4 is 18.4 Å². The summed E-state index contributed by atoms with van der Waals surface area (Å²) < 4.78 is 0. The monoisotopic (exact) mass is 158 g/mol. The van der Waals surface area contributed by atoms with Gasteiger partial charge in [0.15, 0.2) is 0 Å². The first kappa shape index (κ1) is 9.24. The Balaban J connectivity index is 3.28. The summed E-state index contributed by atoms with van der Waals surface area (Å²) in [4.78, 5) is 0. The van der Waals surface area contributed by atoms with Crippen LogP contribution in [-0.2, 0) is 0 Å². The molecule has 0 bridgehead atoms. The molecule has 0 radical (unpaired) electrons. The molecule has 0 aromatic heterocycles. The molecule has 1 heteroatoms. The molecule has 0 atom stereocenters. The van der Waals surface area contributed by atoms with Crippen molar-refractivity contribution in [3.05, 3.63) is 28.8 Å². The Morgan fingerprint density at radius 2 is 1.58 bits per heavy atom. The van der Waals surface area contributed by atoms with Gasteiger partial charge >= 0.3 is 74.9 Å². The zero-order chi connectivity index (χ0) is 9.14. The van der Waals surface area contributed by atoms with E-state index >= 15 is 0 Å². The number of aryl methyl sites for hydroxylation is 3. The quantitative estimate of drug-likeness (QED) is 0.546. The molecule has 0 amide bonds. The first-order chi connectivity index (χ1) is 5.65. The van der Waals surface area contributed by atoms with E-state index in [1.165, 1.54) is 22.2 Å². The Labute approximate surface area is 75.5 Å². The summed E-state index contributed by atoms with van der Waals surface area (Å²) in [5.74, 6) is 2.09. The predicted octanol–water partition coefficient (Wildman–Crippen LogP) is 1.76. The molecule has 1 aromatic rings. The van der Waals surface area contributed by atoms with Gasteiger partial charge in [-0.3, -0.25) is 0 Å². The zero-order valence-corrected chi connectivity index (χ0v) is 8.31. The van der Waals surface area contributed by atoms with Crippen molar-refractivity contribution in [3.63, 3.8) is 0 Å². The van der Waals surface area contributed by atoms with Crippen LogP contribution in [0.3, 0.4) is 0 Å². The van der Waals surface area contributed by atoms with Crippen molar-refractivity contribution in [1.29, 1.82) is 0 Å². The Kier molecular flexibility index (Phi) is 2.85. The first-order valence-electron chi connectivity index (χ1n) is 4.35. The van der Waals surface area contributed by atoms with E-state index in [0.29, 0.717) is 0 Å². The van der Waals surface area contributed by atoms with Crippen LogP contribution in [0, 0.1) is 20.8 Å². The van der Waals surface area contributed by atoms with Crippen LogP contribution in [0.15, 0.2) is 12.1 Å². The Bertz CT molecular complexity index is 288. The molecule has 0 saturated carbocycles. The van der Waals surface area contributed by atoms with E-state index < -0.39 is 0 Å². The Hall–Kier alpha value is -0.845. The van der Waals surface area contributed by atoms with Gasteiger partial charge in [-0.2, -0.15) is 0 Å². The summed E-state index contributed by atoms with van der Waals surface area (Å²) in [6.07, 6.45) is 0. The van der Waals surface area contributed by atoms with Crippen LogP contribution in [0.4, 0.5) is 0 Å². The SMILES string of the molecule is CC=Bc1c(C)cc(C)cc1C. The van der Waals surface area contributed by atoms with Crippen LogP contribution < -0.4 is 5.46 Å². The molecule has 0 N–H and O–H groups in total. The fourth-order valence-corrected chi connectivity index (χ4v) is 1.62. The first-order valence-corrected chi connectivity index (χ1v) is 4.35. The van der Waals surface area contributed by atoms with E-state index in [0.717, 1.165) is 0 Å². The summed E-state index contributed by atoms with van der Waals surface area (Å²) in [6.45, 7) is 10.7. The van der Waals surface area contributed by atoms with E-state index in [1.54, 1.807) is 0 Å². The third-order valence-electron chi connectivity index (χ3n) is 2.07. The Morgan fingerprint density at radius 1 is 1.08 bits per heavy atom. The van der Waals surface area contributed by atoms with E-state index in [2.05, 4.69) is 52.7 Å². The summed E-state index contributed by atoms with van der Waals surface area (Å²) >= 11 is 0. The second-order valence-corrected chi connectivity index (χ2v) is 3.31. The molecule has 0 heterocycles. The van der Waals surface area contributed by atoms with Crippen molar-refractivity contribution in [2.75, 3.05) is 0 Å². The van der Waals surface area contributed by atoms with Crippen LogP contribution in [0.25, 0.3) is 0 Å². The van der Waals surface area contributed by atoms with Crippen LogP contribution in [0.5, 0.6) is 0 Å².